The molecule has 17 heavy (non-hydrogen) atoms. The van der Waals surface area contributed by atoms with Crippen LogP contribution < -0.4 is 5.32 Å². The summed E-state index contributed by atoms with van der Waals surface area (Å²) < 4.78 is 0.625. The van der Waals surface area contributed by atoms with Gasteiger partial charge in [-0.05, 0) is 34.5 Å². The van der Waals surface area contributed by atoms with Crippen LogP contribution in [0, 0.1) is 0 Å². The van der Waals surface area contributed by atoms with Crippen molar-refractivity contribution < 1.29 is 14.7 Å². The van der Waals surface area contributed by atoms with Crippen LogP contribution in [0.2, 0.25) is 0 Å². The molecule has 0 saturated carbocycles. The molecule has 1 aromatic carbocycles. The average Bonchev–Trinajstić information content (AvgIpc) is 2.28. The molecule has 5 heteroatoms. The molecular formula is C12H12BrNO3. The van der Waals surface area contributed by atoms with Crippen molar-refractivity contribution in [2.75, 3.05) is 0 Å². The third kappa shape index (κ3) is 3.71. The van der Waals surface area contributed by atoms with Crippen LogP contribution in [0.3, 0.4) is 0 Å². The van der Waals surface area contributed by atoms with E-state index in [1.807, 2.05) is 0 Å². The number of aliphatic carboxylic acids is 1. The lowest BCUT2D eigenvalue weighted by Crippen LogP contribution is -2.40. The highest BCUT2D eigenvalue weighted by molar-refractivity contribution is 9.10. The van der Waals surface area contributed by atoms with E-state index in [4.69, 9.17) is 5.11 Å². The highest BCUT2D eigenvalue weighted by Crippen LogP contribution is 2.15. The van der Waals surface area contributed by atoms with Crippen LogP contribution in [-0.2, 0) is 4.79 Å². The maximum atomic E-state index is 11.8. The fraction of sp³-hybridized carbons (Fsp3) is 0.167. The van der Waals surface area contributed by atoms with Crippen LogP contribution >= 0.6 is 15.9 Å². The first-order chi connectivity index (χ1) is 8.06. The van der Waals surface area contributed by atoms with E-state index in [0.717, 1.165) is 0 Å². The second-order valence-electron chi connectivity index (χ2n) is 3.37. The number of halogens is 1. The number of hydrogen-bond acceptors (Lipinski definition) is 2. The summed E-state index contributed by atoms with van der Waals surface area (Å²) in [5.41, 5.74) is 0.405. The highest BCUT2D eigenvalue weighted by atomic mass is 79.9. The predicted molar refractivity (Wildman–Crippen MR) is 67.8 cm³/mol. The molecule has 0 aliphatic carbocycles. The summed E-state index contributed by atoms with van der Waals surface area (Å²) in [5.74, 6) is -1.50. The zero-order valence-corrected chi connectivity index (χ0v) is 10.6. The van der Waals surface area contributed by atoms with Gasteiger partial charge in [-0.3, -0.25) is 4.79 Å². The molecular weight excluding hydrogens is 286 g/mol. The topological polar surface area (TPSA) is 66.4 Å². The minimum Gasteiger partial charge on any atom is -0.480 e. The Kier molecular flexibility index (Phi) is 4.90. The molecule has 0 spiro atoms. The second-order valence-corrected chi connectivity index (χ2v) is 4.22. The van der Waals surface area contributed by atoms with E-state index in [1.54, 1.807) is 24.3 Å². The monoisotopic (exact) mass is 297 g/mol. The van der Waals surface area contributed by atoms with E-state index >= 15 is 0 Å². The van der Waals surface area contributed by atoms with E-state index in [1.165, 1.54) is 6.08 Å². The van der Waals surface area contributed by atoms with Gasteiger partial charge in [-0.25, -0.2) is 4.79 Å². The van der Waals surface area contributed by atoms with Gasteiger partial charge in [-0.2, -0.15) is 0 Å². The molecule has 1 atom stereocenters. The number of carboxylic acids is 1. The van der Waals surface area contributed by atoms with Crippen molar-refractivity contribution in [2.24, 2.45) is 0 Å². The molecule has 0 fully saturated rings. The SMILES string of the molecule is C=CCC(NC(=O)c1ccccc1Br)C(=O)O. The van der Waals surface area contributed by atoms with Crippen LogP contribution in [-0.4, -0.2) is 23.0 Å². The number of amides is 1. The molecule has 1 amide bonds. The lowest BCUT2D eigenvalue weighted by molar-refractivity contribution is -0.139. The van der Waals surface area contributed by atoms with Crippen molar-refractivity contribution in [1.82, 2.24) is 5.32 Å². The first kappa shape index (κ1) is 13.4. The van der Waals surface area contributed by atoms with Gasteiger partial charge in [0.1, 0.15) is 6.04 Å². The van der Waals surface area contributed by atoms with Gasteiger partial charge in [0.25, 0.3) is 5.91 Å². The standard InChI is InChI=1S/C12H12BrNO3/c1-2-5-10(12(16)17)14-11(15)8-6-3-4-7-9(8)13/h2-4,6-7,10H,1,5H2,(H,14,15)(H,16,17). The van der Waals surface area contributed by atoms with E-state index in [-0.39, 0.29) is 6.42 Å². The van der Waals surface area contributed by atoms with Gasteiger partial charge in [-0.15, -0.1) is 6.58 Å². The first-order valence-corrected chi connectivity index (χ1v) is 5.74. The summed E-state index contributed by atoms with van der Waals surface area (Å²) in [6.07, 6.45) is 1.64. The largest absolute Gasteiger partial charge is 0.480 e. The Labute approximate surface area is 107 Å². The van der Waals surface area contributed by atoms with Crippen molar-refractivity contribution in [2.45, 2.75) is 12.5 Å². The fourth-order valence-electron chi connectivity index (χ4n) is 1.27. The molecule has 0 saturated heterocycles. The van der Waals surface area contributed by atoms with Gasteiger partial charge in [0.2, 0.25) is 0 Å². The number of benzene rings is 1. The van der Waals surface area contributed by atoms with Crippen molar-refractivity contribution in [1.29, 1.82) is 0 Å². The molecule has 1 rings (SSSR count). The smallest absolute Gasteiger partial charge is 0.326 e. The quantitative estimate of drug-likeness (QED) is 0.819. The Bertz CT molecular complexity index is 445. The summed E-state index contributed by atoms with van der Waals surface area (Å²) in [6, 6.07) is 5.87. The number of nitrogens with one attached hydrogen (secondary N) is 1. The second kappa shape index (κ2) is 6.20. The lowest BCUT2D eigenvalue weighted by atomic mass is 10.1. The Morgan fingerprint density at radius 1 is 1.47 bits per heavy atom. The molecule has 0 aliphatic rings. The molecule has 1 aromatic rings. The van der Waals surface area contributed by atoms with Crippen molar-refractivity contribution in [3.05, 3.63) is 47.0 Å². The zero-order chi connectivity index (χ0) is 12.8. The summed E-state index contributed by atoms with van der Waals surface area (Å²) in [7, 11) is 0. The Hall–Kier alpha value is -1.62. The van der Waals surface area contributed by atoms with Gasteiger partial charge >= 0.3 is 5.97 Å². The van der Waals surface area contributed by atoms with E-state index < -0.39 is 17.9 Å². The Morgan fingerprint density at radius 3 is 2.65 bits per heavy atom. The van der Waals surface area contributed by atoms with Crippen LogP contribution in [0.1, 0.15) is 16.8 Å². The average molecular weight is 298 g/mol. The van der Waals surface area contributed by atoms with Crippen LogP contribution in [0.4, 0.5) is 0 Å². The van der Waals surface area contributed by atoms with E-state index in [0.29, 0.717) is 10.0 Å². The maximum absolute atomic E-state index is 11.8. The summed E-state index contributed by atoms with van der Waals surface area (Å²) in [5, 5.41) is 11.3. The van der Waals surface area contributed by atoms with Gasteiger partial charge in [0, 0.05) is 4.47 Å². The Balaban J connectivity index is 2.81. The van der Waals surface area contributed by atoms with Crippen molar-refractivity contribution >= 4 is 27.8 Å². The zero-order valence-electron chi connectivity index (χ0n) is 9.02. The van der Waals surface area contributed by atoms with E-state index in [2.05, 4.69) is 27.8 Å². The Morgan fingerprint density at radius 2 is 2.12 bits per heavy atom. The molecule has 90 valence electrons. The fourth-order valence-corrected chi connectivity index (χ4v) is 1.73. The van der Waals surface area contributed by atoms with Gasteiger partial charge < -0.3 is 10.4 Å². The maximum Gasteiger partial charge on any atom is 0.326 e. The number of carboxylic acid groups (broad SMARTS) is 1. The molecule has 0 bridgehead atoms. The number of carbonyl (C=O) groups excluding carboxylic acids is 1. The molecule has 4 nitrogen and oxygen atoms in total. The third-order valence-corrected chi connectivity index (χ3v) is 2.82. The molecule has 0 radical (unpaired) electrons. The normalized spacial score (nSPS) is 11.6. The van der Waals surface area contributed by atoms with Gasteiger partial charge in [0.05, 0.1) is 5.56 Å². The minimum absolute atomic E-state index is 0.186. The van der Waals surface area contributed by atoms with Crippen LogP contribution in [0.15, 0.2) is 41.4 Å². The molecule has 2 N–H and O–H groups in total. The lowest BCUT2D eigenvalue weighted by Gasteiger charge is -2.13. The minimum atomic E-state index is -1.08. The summed E-state index contributed by atoms with van der Waals surface area (Å²) in [4.78, 5) is 22.7. The van der Waals surface area contributed by atoms with Crippen molar-refractivity contribution in [3.63, 3.8) is 0 Å². The molecule has 1 unspecified atom stereocenters. The number of hydrogen-bond donors (Lipinski definition) is 2. The van der Waals surface area contributed by atoms with Crippen molar-refractivity contribution in [3.8, 4) is 0 Å². The summed E-state index contributed by atoms with van der Waals surface area (Å²) in [6.45, 7) is 3.46. The van der Waals surface area contributed by atoms with E-state index in [9.17, 15) is 9.59 Å². The number of carbonyl (C=O) groups is 2. The third-order valence-electron chi connectivity index (χ3n) is 2.12. The van der Waals surface area contributed by atoms with Gasteiger partial charge in [0.15, 0.2) is 0 Å². The van der Waals surface area contributed by atoms with Crippen LogP contribution in [0.5, 0.6) is 0 Å². The number of rotatable bonds is 5. The predicted octanol–water partition coefficient (Wildman–Crippen LogP) is 2.21. The van der Waals surface area contributed by atoms with Crippen LogP contribution in [0.25, 0.3) is 0 Å². The molecule has 0 aromatic heterocycles. The molecule has 0 heterocycles. The first-order valence-electron chi connectivity index (χ1n) is 4.95. The molecule has 0 aliphatic heterocycles. The highest BCUT2D eigenvalue weighted by Gasteiger charge is 2.19. The van der Waals surface area contributed by atoms with Gasteiger partial charge in [-0.1, -0.05) is 18.2 Å². The summed E-state index contributed by atoms with van der Waals surface area (Å²) >= 11 is 3.23.